The summed E-state index contributed by atoms with van der Waals surface area (Å²) in [5, 5.41) is 8.64. The van der Waals surface area contributed by atoms with Gasteiger partial charge in [-0.1, -0.05) is 0 Å². The van der Waals surface area contributed by atoms with Crippen molar-refractivity contribution < 1.29 is 5.11 Å². The summed E-state index contributed by atoms with van der Waals surface area (Å²) in [4.78, 5) is 3.61. The van der Waals surface area contributed by atoms with Crippen molar-refractivity contribution in [1.82, 2.24) is 4.98 Å². The van der Waals surface area contributed by atoms with Crippen LogP contribution in [-0.4, -0.2) is 10.1 Å². The van der Waals surface area contributed by atoms with Gasteiger partial charge in [0.15, 0.2) is 0 Å². The Labute approximate surface area is 58.9 Å². The SMILES string of the molecule is Cl.Nc1ccc(O)cn1. The van der Waals surface area contributed by atoms with Gasteiger partial charge >= 0.3 is 0 Å². The fourth-order valence-electron chi connectivity index (χ4n) is 0.397. The normalized spacial score (nSPS) is 8.00. The highest BCUT2D eigenvalue weighted by atomic mass is 35.5. The molecule has 0 spiro atoms. The quantitative estimate of drug-likeness (QED) is 0.569. The lowest BCUT2D eigenvalue weighted by Gasteiger charge is -1.88. The van der Waals surface area contributed by atoms with Crippen LogP contribution in [-0.2, 0) is 0 Å². The van der Waals surface area contributed by atoms with Crippen LogP contribution in [0.5, 0.6) is 5.75 Å². The summed E-state index contributed by atoms with van der Waals surface area (Å²) in [7, 11) is 0. The summed E-state index contributed by atoms with van der Waals surface area (Å²) in [6.07, 6.45) is 1.30. The third kappa shape index (κ3) is 2.19. The fourth-order valence-corrected chi connectivity index (χ4v) is 0.397. The van der Waals surface area contributed by atoms with Gasteiger partial charge in [0, 0.05) is 0 Å². The van der Waals surface area contributed by atoms with Gasteiger partial charge < -0.3 is 10.8 Å². The number of anilines is 1. The van der Waals surface area contributed by atoms with E-state index in [2.05, 4.69) is 4.98 Å². The van der Waals surface area contributed by atoms with Gasteiger partial charge in [0.05, 0.1) is 6.20 Å². The first-order chi connectivity index (χ1) is 3.79. The summed E-state index contributed by atoms with van der Waals surface area (Å²) in [6.45, 7) is 0. The maximum absolute atomic E-state index is 8.64. The predicted octanol–water partition coefficient (Wildman–Crippen LogP) is 0.791. The van der Waals surface area contributed by atoms with Crippen LogP contribution in [0.4, 0.5) is 5.82 Å². The molecule has 1 heterocycles. The van der Waals surface area contributed by atoms with Gasteiger partial charge in [0.1, 0.15) is 11.6 Å². The maximum Gasteiger partial charge on any atom is 0.134 e. The van der Waals surface area contributed by atoms with Crippen LogP contribution in [0.25, 0.3) is 0 Å². The molecule has 50 valence electrons. The number of aromatic hydroxyl groups is 1. The summed E-state index contributed by atoms with van der Waals surface area (Å²) < 4.78 is 0. The van der Waals surface area contributed by atoms with Gasteiger partial charge in [-0.25, -0.2) is 4.98 Å². The topological polar surface area (TPSA) is 59.1 Å². The second-order valence-corrected chi connectivity index (χ2v) is 1.44. The van der Waals surface area contributed by atoms with E-state index >= 15 is 0 Å². The Bertz CT molecular complexity index is 154. The van der Waals surface area contributed by atoms with E-state index in [-0.39, 0.29) is 18.2 Å². The van der Waals surface area contributed by atoms with Crippen LogP contribution in [0.2, 0.25) is 0 Å². The molecule has 0 saturated heterocycles. The highest BCUT2D eigenvalue weighted by Gasteiger charge is 1.83. The molecule has 1 rings (SSSR count). The first-order valence-electron chi connectivity index (χ1n) is 2.19. The molecule has 3 nitrogen and oxygen atoms in total. The Morgan fingerprint density at radius 1 is 1.44 bits per heavy atom. The van der Waals surface area contributed by atoms with Crippen molar-refractivity contribution in [1.29, 1.82) is 0 Å². The van der Waals surface area contributed by atoms with E-state index in [0.29, 0.717) is 5.82 Å². The molecule has 0 aliphatic heterocycles. The van der Waals surface area contributed by atoms with Crippen molar-refractivity contribution in [3.63, 3.8) is 0 Å². The zero-order valence-electron chi connectivity index (χ0n) is 4.61. The molecule has 0 fully saturated rings. The van der Waals surface area contributed by atoms with Crippen LogP contribution in [0.3, 0.4) is 0 Å². The lowest BCUT2D eigenvalue weighted by Crippen LogP contribution is -1.85. The van der Waals surface area contributed by atoms with E-state index < -0.39 is 0 Å². The van der Waals surface area contributed by atoms with Crippen molar-refractivity contribution in [2.75, 3.05) is 5.73 Å². The molecule has 0 amide bonds. The summed E-state index contributed by atoms with van der Waals surface area (Å²) in [5.74, 6) is 0.557. The highest BCUT2D eigenvalue weighted by molar-refractivity contribution is 5.85. The number of nitrogen functional groups attached to an aromatic ring is 1. The Morgan fingerprint density at radius 3 is 2.44 bits per heavy atom. The van der Waals surface area contributed by atoms with Crippen molar-refractivity contribution in [2.45, 2.75) is 0 Å². The monoisotopic (exact) mass is 146 g/mol. The third-order valence-corrected chi connectivity index (χ3v) is 0.771. The van der Waals surface area contributed by atoms with Crippen LogP contribution in [0, 0.1) is 0 Å². The number of aromatic nitrogens is 1. The molecule has 1 aromatic rings. The molecule has 0 unspecified atom stereocenters. The largest absolute Gasteiger partial charge is 0.506 e. The molecule has 4 heteroatoms. The average molecular weight is 147 g/mol. The van der Waals surface area contributed by atoms with Crippen molar-refractivity contribution in [3.8, 4) is 5.75 Å². The number of pyridine rings is 1. The van der Waals surface area contributed by atoms with Crippen molar-refractivity contribution in [3.05, 3.63) is 18.3 Å². The van der Waals surface area contributed by atoms with Gasteiger partial charge in [0.2, 0.25) is 0 Å². The molecule has 0 atom stereocenters. The molecule has 9 heavy (non-hydrogen) atoms. The number of nitrogens with two attached hydrogens (primary N) is 1. The zero-order valence-corrected chi connectivity index (χ0v) is 5.43. The van der Waals surface area contributed by atoms with Gasteiger partial charge in [-0.3, -0.25) is 0 Å². The van der Waals surface area contributed by atoms with E-state index in [1.54, 1.807) is 0 Å². The van der Waals surface area contributed by atoms with E-state index in [1.807, 2.05) is 0 Å². The Kier molecular flexibility index (Phi) is 2.81. The van der Waals surface area contributed by atoms with E-state index in [0.717, 1.165) is 0 Å². The number of hydrogen-bond acceptors (Lipinski definition) is 3. The lowest BCUT2D eigenvalue weighted by atomic mass is 10.4. The molecule has 3 N–H and O–H groups in total. The highest BCUT2D eigenvalue weighted by Crippen LogP contribution is 2.05. The first kappa shape index (κ1) is 8.04. The Morgan fingerprint density at radius 2 is 2.11 bits per heavy atom. The van der Waals surface area contributed by atoms with Crippen molar-refractivity contribution >= 4 is 18.2 Å². The van der Waals surface area contributed by atoms with Gasteiger partial charge in [0.25, 0.3) is 0 Å². The molecule has 0 saturated carbocycles. The molecule has 0 aliphatic carbocycles. The maximum atomic E-state index is 8.64. The lowest BCUT2D eigenvalue weighted by molar-refractivity contribution is 0.473. The summed E-state index contributed by atoms with van der Waals surface area (Å²) in [5.41, 5.74) is 5.20. The Balaban J connectivity index is 0.000000640. The molecular weight excluding hydrogens is 140 g/mol. The average Bonchev–Trinajstić information content (AvgIpc) is 1.77. The van der Waals surface area contributed by atoms with Crippen LogP contribution in [0.15, 0.2) is 18.3 Å². The molecule has 0 radical (unpaired) electrons. The third-order valence-electron chi connectivity index (χ3n) is 0.771. The van der Waals surface area contributed by atoms with Crippen LogP contribution in [0.1, 0.15) is 0 Å². The summed E-state index contributed by atoms with van der Waals surface area (Å²) >= 11 is 0. The van der Waals surface area contributed by atoms with Crippen LogP contribution < -0.4 is 5.73 Å². The van der Waals surface area contributed by atoms with E-state index in [4.69, 9.17) is 10.8 Å². The van der Waals surface area contributed by atoms with E-state index in [1.165, 1.54) is 18.3 Å². The fraction of sp³-hybridized carbons (Fsp3) is 0. The molecule has 0 aliphatic rings. The molecule has 0 bridgehead atoms. The molecule has 0 aromatic carbocycles. The number of halogens is 1. The predicted molar refractivity (Wildman–Crippen MR) is 37.6 cm³/mol. The molecular formula is C5H7ClN2O. The number of rotatable bonds is 0. The standard InChI is InChI=1S/C5H6N2O.ClH/c6-5-2-1-4(8)3-7-5;/h1-3,8H,(H2,6,7);1H. The second-order valence-electron chi connectivity index (χ2n) is 1.44. The number of nitrogens with zero attached hydrogens (tertiary/aromatic N) is 1. The number of hydrogen-bond donors (Lipinski definition) is 2. The minimum Gasteiger partial charge on any atom is -0.506 e. The zero-order chi connectivity index (χ0) is 5.98. The van der Waals surface area contributed by atoms with Crippen LogP contribution >= 0.6 is 12.4 Å². The Hall–Kier alpha value is -0.960. The second kappa shape index (κ2) is 3.14. The first-order valence-corrected chi connectivity index (χ1v) is 2.19. The van der Waals surface area contributed by atoms with Gasteiger partial charge in [-0.2, -0.15) is 0 Å². The molecule has 1 aromatic heterocycles. The smallest absolute Gasteiger partial charge is 0.134 e. The van der Waals surface area contributed by atoms with Gasteiger partial charge in [-0.05, 0) is 12.1 Å². The summed E-state index contributed by atoms with van der Waals surface area (Å²) in [6, 6.07) is 3.03. The van der Waals surface area contributed by atoms with Crippen molar-refractivity contribution in [2.24, 2.45) is 0 Å². The minimum absolute atomic E-state index is 0. The minimum atomic E-state index is 0. The van der Waals surface area contributed by atoms with E-state index in [9.17, 15) is 0 Å². The van der Waals surface area contributed by atoms with Gasteiger partial charge in [-0.15, -0.1) is 12.4 Å².